The topological polar surface area (TPSA) is 72.3 Å². The third-order valence-electron chi connectivity index (χ3n) is 3.77. The van der Waals surface area contributed by atoms with Crippen LogP contribution in [0.15, 0.2) is 30.7 Å². The lowest BCUT2D eigenvalue weighted by atomic mass is 10.2. The zero-order chi connectivity index (χ0) is 15.5. The van der Waals surface area contributed by atoms with E-state index in [0.717, 1.165) is 11.4 Å². The highest BCUT2D eigenvalue weighted by atomic mass is 16.5. The molecular weight excluding hydrogens is 282 g/mol. The van der Waals surface area contributed by atoms with Crippen molar-refractivity contribution < 1.29 is 9.53 Å². The fraction of sp³-hybridized carbons (Fsp3) is 0.400. The molecule has 0 radical (unpaired) electrons. The predicted molar refractivity (Wildman–Crippen MR) is 81.6 cm³/mol. The molecule has 1 amide bonds. The summed E-state index contributed by atoms with van der Waals surface area (Å²) in [5.74, 6) is 0.367. The number of imidazole rings is 1. The number of anilines is 1. The first-order valence-corrected chi connectivity index (χ1v) is 7.21. The van der Waals surface area contributed by atoms with Gasteiger partial charge in [-0.25, -0.2) is 4.98 Å². The van der Waals surface area contributed by atoms with E-state index < -0.39 is 0 Å². The van der Waals surface area contributed by atoms with E-state index in [1.165, 1.54) is 0 Å². The van der Waals surface area contributed by atoms with E-state index in [1.807, 2.05) is 26.2 Å². The van der Waals surface area contributed by atoms with E-state index in [1.54, 1.807) is 28.1 Å². The Hall–Kier alpha value is -2.41. The molecule has 0 bridgehead atoms. The lowest BCUT2D eigenvalue weighted by molar-refractivity contribution is -0.0252. The largest absolute Gasteiger partial charge is 0.387 e. The maximum absolute atomic E-state index is 12.5. The Bertz CT molecular complexity index is 652. The molecule has 1 fully saturated rings. The van der Waals surface area contributed by atoms with Crippen LogP contribution in [-0.4, -0.2) is 52.1 Å². The molecule has 0 spiro atoms. The first-order chi connectivity index (χ1) is 10.7. The molecule has 0 saturated carbocycles. The van der Waals surface area contributed by atoms with Crippen LogP contribution in [0.25, 0.3) is 0 Å². The summed E-state index contributed by atoms with van der Waals surface area (Å²) in [6, 6.07) is 3.87. The van der Waals surface area contributed by atoms with E-state index in [0.29, 0.717) is 25.5 Å². The minimum atomic E-state index is -0.205. The van der Waals surface area contributed by atoms with Gasteiger partial charge in [0.1, 0.15) is 6.10 Å². The van der Waals surface area contributed by atoms with Crippen molar-refractivity contribution in [1.29, 1.82) is 0 Å². The van der Waals surface area contributed by atoms with E-state index in [9.17, 15) is 4.79 Å². The van der Waals surface area contributed by atoms with Crippen molar-refractivity contribution in [2.75, 3.05) is 32.1 Å². The lowest BCUT2D eigenvalue weighted by Crippen LogP contribution is -2.43. The fourth-order valence-electron chi connectivity index (χ4n) is 2.47. The number of amides is 1. The zero-order valence-electron chi connectivity index (χ0n) is 12.7. The Morgan fingerprint density at radius 1 is 1.41 bits per heavy atom. The minimum absolute atomic E-state index is 0.0763. The molecule has 3 rings (SSSR count). The summed E-state index contributed by atoms with van der Waals surface area (Å²) in [7, 11) is 3.66. The van der Waals surface area contributed by atoms with Gasteiger partial charge < -0.3 is 19.5 Å². The summed E-state index contributed by atoms with van der Waals surface area (Å²) >= 11 is 0. The van der Waals surface area contributed by atoms with Gasteiger partial charge in [-0.05, 0) is 12.1 Å². The summed E-state index contributed by atoms with van der Waals surface area (Å²) in [6.45, 7) is 1.55. The van der Waals surface area contributed by atoms with E-state index in [4.69, 9.17) is 4.74 Å². The summed E-state index contributed by atoms with van der Waals surface area (Å²) in [4.78, 5) is 22.8. The quantitative estimate of drug-likeness (QED) is 0.918. The van der Waals surface area contributed by atoms with Crippen LogP contribution in [0.2, 0.25) is 0 Å². The highest BCUT2D eigenvalue weighted by molar-refractivity contribution is 5.90. The van der Waals surface area contributed by atoms with Crippen molar-refractivity contribution >= 4 is 11.6 Å². The van der Waals surface area contributed by atoms with Gasteiger partial charge in [-0.15, -0.1) is 0 Å². The van der Waals surface area contributed by atoms with Gasteiger partial charge in [-0.2, -0.15) is 0 Å². The maximum atomic E-state index is 12.5. The van der Waals surface area contributed by atoms with Crippen LogP contribution < -0.4 is 5.32 Å². The third-order valence-corrected chi connectivity index (χ3v) is 3.77. The standard InChI is InChI=1S/C15H19N5O2/c1-16-11-3-4-12(18-9-11)13-10-20(7-8-22-13)15(21)14-17-5-6-19(14)2/h3-6,9,13,16H,7-8,10H2,1-2H3/t13-/m1/s1. The highest BCUT2D eigenvalue weighted by Gasteiger charge is 2.28. The molecule has 116 valence electrons. The number of nitrogens with zero attached hydrogens (tertiary/aromatic N) is 4. The van der Waals surface area contributed by atoms with Crippen LogP contribution in [0.3, 0.4) is 0 Å². The number of hydrogen-bond donors (Lipinski definition) is 1. The number of aromatic nitrogens is 3. The van der Waals surface area contributed by atoms with Crippen LogP contribution in [0.1, 0.15) is 22.4 Å². The molecule has 2 aromatic heterocycles. The smallest absolute Gasteiger partial charge is 0.290 e. The molecule has 0 unspecified atom stereocenters. The zero-order valence-corrected chi connectivity index (χ0v) is 12.7. The summed E-state index contributed by atoms with van der Waals surface area (Å²) in [6.07, 6.45) is 4.95. The SMILES string of the molecule is CNc1ccc([C@H]2CN(C(=O)c3nccn3C)CCO2)nc1. The van der Waals surface area contributed by atoms with Crippen LogP contribution in [0, 0.1) is 0 Å². The molecule has 1 aliphatic rings. The van der Waals surface area contributed by atoms with Crippen molar-refractivity contribution in [1.82, 2.24) is 19.4 Å². The Kier molecular flexibility index (Phi) is 4.06. The van der Waals surface area contributed by atoms with Gasteiger partial charge in [0.2, 0.25) is 0 Å². The second-order valence-corrected chi connectivity index (χ2v) is 5.19. The molecule has 1 N–H and O–H groups in total. The number of carbonyl (C=O) groups excluding carboxylic acids is 1. The molecule has 22 heavy (non-hydrogen) atoms. The van der Waals surface area contributed by atoms with Gasteiger partial charge in [-0.1, -0.05) is 0 Å². The van der Waals surface area contributed by atoms with Gasteiger partial charge >= 0.3 is 0 Å². The number of morpholine rings is 1. The summed E-state index contributed by atoms with van der Waals surface area (Å²) < 4.78 is 7.49. The lowest BCUT2D eigenvalue weighted by Gasteiger charge is -2.32. The number of nitrogens with one attached hydrogen (secondary N) is 1. The average Bonchev–Trinajstić information content (AvgIpc) is 3.00. The van der Waals surface area contributed by atoms with E-state index in [-0.39, 0.29) is 12.0 Å². The molecule has 7 nitrogen and oxygen atoms in total. The molecule has 7 heteroatoms. The number of ether oxygens (including phenoxy) is 1. The number of hydrogen-bond acceptors (Lipinski definition) is 5. The second kappa shape index (κ2) is 6.15. The Morgan fingerprint density at radius 2 is 2.27 bits per heavy atom. The monoisotopic (exact) mass is 301 g/mol. The predicted octanol–water partition coefficient (Wildman–Crippen LogP) is 1.07. The average molecular weight is 301 g/mol. The molecule has 1 aliphatic heterocycles. The van der Waals surface area contributed by atoms with Gasteiger partial charge in [0.25, 0.3) is 5.91 Å². The number of carbonyl (C=O) groups is 1. The van der Waals surface area contributed by atoms with Crippen LogP contribution in [0.4, 0.5) is 5.69 Å². The maximum Gasteiger partial charge on any atom is 0.290 e. The minimum Gasteiger partial charge on any atom is -0.387 e. The Labute approximate surface area is 128 Å². The number of aryl methyl sites for hydroxylation is 1. The van der Waals surface area contributed by atoms with Crippen LogP contribution >= 0.6 is 0 Å². The molecule has 0 aromatic carbocycles. The molecule has 2 aromatic rings. The first-order valence-electron chi connectivity index (χ1n) is 7.21. The van der Waals surface area contributed by atoms with Crippen molar-refractivity contribution in [2.24, 2.45) is 7.05 Å². The third kappa shape index (κ3) is 2.80. The van der Waals surface area contributed by atoms with Gasteiger partial charge in [0.05, 0.1) is 30.7 Å². The summed E-state index contributed by atoms with van der Waals surface area (Å²) in [5, 5.41) is 3.03. The van der Waals surface area contributed by atoms with Gasteiger partial charge in [-0.3, -0.25) is 9.78 Å². The first kappa shape index (κ1) is 14.5. The van der Waals surface area contributed by atoms with E-state index >= 15 is 0 Å². The van der Waals surface area contributed by atoms with Crippen molar-refractivity contribution in [3.63, 3.8) is 0 Å². The molecule has 1 atom stereocenters. The molecular formula is C15H19N5O2. The van der Waals surface area contributed by atoms with Gasteiger partial charge in [0.15, 0.2) is 5.82 Å². The van der Waals surface area contributed by atoms with Crippen molar-refractivity contribution in [3.05, 3.63) is 42.2 Å². The van der Waals surface area contributed by atoms with Crippen molar-refractivity contribution in [2.45, 2.75) is 6.10 Å². The summed E-state index contributed by atoms with van der Waals surface area (Å²) in [5.41, 5.74) is 1.77. The van der Waals surface area contributed by atoms with E-state index in [2.05, 4.69) is 15.3 Å². The molecule has 0 aliphatic carbocycles. The number of pyridine rings is 1. The number of rotatable bonds is 3. The van der Waals surface area contributed by atoms with Crippen LogP contribution in [0.5, 0.6) is 0 Å². The normalized spacial score (nSPS) is 18.3. The fourth-order valence-corrected chi connectivity index (χ4v) is 2.47. The second-order valence-electron chi connectivity index (χ2n) is 5.19. The molecule has 1 saturated heterocycles. The van der Waals surface area contributed by atoms with Gasteiger partial charge in [0, 0.05) is 33.0 Å². The van der Waals surface area contributed by atoms with Crippen LogP contribution in [-0.2, 0) is 11.8 Å². The highest BCUT2D eigenvalue weighted by Crippen LogP contribution is 2.22. The Morgan fingerprint density at radius 3 is 2.91 bits per heavy atom. The van der Waals surface area contributed by atoms with Crippen molar-refractivity contribution in [3.8, 4) is 0 Å². The Balaban J connectivity index is 1.73. The molecule has 3 heterocycles.